The lowest BCUT2D eigenvalue weighted by atomic mass is 10.0. The summed E-state index contributed by atoms with van der Waals surface area (Å²) in [5.41, 5.74) is -3.24. The van der Waals surface area contributed by atoms with Gasteiger partial charge >= 0.3 is 12.4 Å². The van der Waals surface area contributed by atoms with Gasteiger partial charge < -0.3 is 9.30 Å². The molecule has 0 aliphatic carbocycles. The molecule has 0 atom stereocenters. The van der Waals surface area contributed by atoms with Crippen LogP contribution in [-0.2, 0) is 23.6 Å². The Morgan fingerprint density at radius 2 is 1.79 bits per heavy atom. The molecule has 28 heavy (non-hydrogen) atoms. The number of carbonyl (C=O) groups is 1. The van der Waals surface area contributed by atoms with Crippen LogP contribution in [-0.4, -0.2) is 24.2 Å². The van der Waals surface area contributed by atoms with Crippen molar-refractivity contribution in [2.75, 3.05) is 13.7 Å². The molecule has 0 radical (unpaired) electrons. The van der Waals surface area contributed by atoms with Crippen LogP contribution >= 0.6 is 11.3 Å². The molecule has 1 aromatic carbocycles. The topological polar surface area (TPSA) is 43.6 Å². The number of nitrogens with zero attached hydrogens (tertiary/aromatic N) is 2. The van der Waals surface area contributed by atoms with Crippen LogP contribution in [0.1, 0.15) is 32.1 Å². The molecule has 0 unspecified atom stereocenters. The molecule has 2 aromatic rings. The summed E-state index contributed by atoms with van der Waals surface area (Å²) in [6.07, 6.45) is -9.90. The van der Waals surface area contributed by atoms with E-state index >= 15 is 0 Å². The van der Waals surface area contributed by atoms with Gasteiger partial charge in [-0.2, -0.15) is 31.3 Å². The van der Waals surface area contributed by atoms with E-state index in [-0.39, 0.29) is 36.2 Å². The van der Waals surface area contributed by atoms with E-state index < -0.39 is 35.0 Å². The van der Waals surface area contributed by atoms with Crippen molar-refractivity contribution in [3.63, 3.8) is 0 Å². The van der Waals surface area contributed by atoms with Gasteiger partial charge in [-0.3, -0.25) is 4.79 Å². The Bertz CT molecular complexity index is 941. The first kappa shape index (κ1) is 22.2. The molecule has 154 valence electrons. The third-order valence-corrected chi connectivity index (χ3v) is 5.08. The van der Waals surface area contributed by atoms with Gasteiger partial charge in [0, 0.05) is 24.2 Å². The fraction of sp³-hybridized carbons (Fsp3) is 0.412. The van der Waals surface area contributed by atoms with Crippen molar-refractivity contribution in [1.29, 1.82) is 0 Å². The highest BCUT2D eigenvalue weighted by Crippen LogP contribution is 2.36. The van der Waals surface area contributed by atoms with Crippen LogP contribution in [0.4, 0.5) is 26.3 Å². The van der Waals surface area contributed by atoms with Gasteiger partial charge in [-0.15, -0.1) is 11.3 Å². The summed E-state index contributed by atoms with van der Waals surface area (Å²) in [4.78, 5) is 17.0. The smallest absolute Gasteiger partial charge is 0.383 e. The van der Waals surface area contributed by atoms with E-state index in [4.69, 9.17) is 4.74 Å². The first-order valence-corrected chi connectivity index (χ1v) is 8.71. The van der Waals surface area contributed by atoms with Crippen LogP contribution in [0.5, 0.6) is 0 Å². The molecule has 0 N–H and O–H groups in total. The average Bonchev–Trinajstić information content (AvgIpc) is 2.84. The Balaban J connectivity index is 2.63. The zero-order chi connectivity index (χ0) is 21.3. The summed E-state index contributed by atoms with van der Waals surface area (Å²) in [5, 5.41) is 0. The van der Waals surface area contributed by atoms with Crippen molar-refractivity contribution in [3.8, 4) is 0 Å². The van der Waals surface area contributed by atoms with Crippen LogP contribution in [0.25, 0.3) is 0 Å². The van der Waals surface area contributed by atoms with Gasteiger partial charge in [-0.1, -0.05) is 0 Å². The van der Waals surface area contributed by atoms with E-state index in [1.54, 1.807) is 18.4 Å². The number of halogens is 6. The molecule has 11 heteroatoms. The number of hydrogen-bond acceptors (Lipinski definition) is 3. The second-order valence-corrected chi connectivity index (χ2v) is 7.03. The first-order valence-electron chi connectivity index (χ1n) is 7.89. The SMILES string of the molecule is COCCn1c(C)c(C)s/c1=N\C(=O)c1cc(C(F)(F)F)ccc1C(F)(F)F. The fourth-order valence-electron chi connectivity index (χ4n) is 2.42. The van der Waals surface area contributed by atoms with Gasteiger partial charge in [0.25, 0.3) is 5.91 Å². The number of carbonyl (C=O) groups excluding carboxylic acids is 1. The number of rotatable bonds is 4. The van der Waals surface area contributed by atoms with Gasteiger partial charge in [0.15, 0.2) is 4.80 Å². The van der Waals surface area contributed by atoms with E-state index in [9.17, 15) is 31.1 Å². The molecule has 0 aliphatic rings. The van der Waals surface area contributed by atoms with E-state index in [0.29, 0.717) is 0 Å². The highest BCUT2D eigenvalue weighted by atomic mass is 32.1. The Morgan fingerprint density at radius 3 is 2.32 bits per heavy atom. The molecule has 0 saturated heterocycles. The summed E-state index contributed by atoms with van der Waals surface area (Å²) < 4.78 is 84.8. The molecule has 1 amide bonds. The molecule has 1 heterocycles. The van der Waals surface area contributed by atoms with Crippen molar-refractivity contribution in [3.05, 3.63) is 50.3 Å². The minimum Gasteiger partial charge on any atom is -0.383 e. The van der Waals surface area contributed by atoms with Crippen molar-refractivity contribution < 1.29 is 35.9 Å². The van der Waals surface area contributed by atoms with E-state index in [0.717, 1.165) is 21.9 Å². The largest absolute Gasteiger partial charge is 0.417 e. The van der Waals surface area contributed by atoms with Gasteiger partial charge in [-0.05, 0) is 32.0 Å². The molecular weight excluding hydrogens is 410 g/mol. The molecule has 4 nitrogen and oxygen atoms in total. The third-order valence-electron chi connectivity index (χ3n) is 3.99. The number of aryl methyl sites for hydroxylation is 1. The predicted molar refractivity (Wildman–Crippen MR) is 90.0 cm³/mol. The molecule has 0 fully saturated rings. The number of ether oxygens (including phenoxy) is 1. The molecule has 0 spiro atoms. The number of methoxy groups -OCH3 is 1. The summed E-state index contributed by atoms with van der Waals surface area (Å²) in [6, 6.07) is 0.717. The van der Waals surface area contributed by atoms with E-state index in [1.807, 2.05) is 0 Å². The summed E-state index contributed by atoms with van der Waals surface area (Å²) in [6.45, 7) is 4.01. The Kier molecular flexibility index (Phi) is 6.39. The van der Waals surface area contributed by atoms with Gasteiger partial charge in [0.05, 0.1) is 23.3 Å². The zero-order valence-electron chi connectivity index (χ0n) is 15.0. The van der Waals surface area contributed by atoms with Crippen LogP contribution in [0, 0.1) is 13.8 Å². The fourth-order valence-corrected chi connectivity index (χ4v) is 3.42. The molecular formula is C17H16F6N2O2S. The van der Waals surface area contributed by atoms with Crippen molar-refractivity contribution in [2.24, 2.45) is 4.99 Å². The summed E-state index contributed by atoms with van der Waals surface area (Å²) in [7, 11) is 1.45. The summed E-state index contributed by atoms with van der Waals surface area (Å²) in [5.74, 6) is -1.40. The molecule has 0 saturated carbocycles. The second kappa shape index (κ2) is 8.08. The number of alkyl halides is 6. The lowest BCUT2D eigenvalue weighted by molar-refractivity contribution is -0.141. The van der Waals surface area contributed by atoms with Crippen LogP contribution in [0.15, 0.2) is 23.2 Å². The average molecular weight is 426 g/mol. The van der Waals surface area contributed by atoms with E-state index in [2.05, 4.69) is 4.99 Å². The van der Waals surface area contributed by atoms with Crippen LogP contribution in [0.2, 0.25) is 0 Å². The maximum absolute atomic E-state index is 13.2. The van der Waals surface area contributed by atoms with Crippen molar-refractivity contribution >= 4 is 17.2 Å². The minimum absolute atomic E-state index is 0.0857. The number of hydrogen-bond donors (Lipinski definition) is 0. The maximum atomic E-state index is 13.2. The standard InChI is InChI=1S/C17H16F6N2O2S/c1-9-10(2)28-15(25(9)6-7-27-3)24-14(26)12-8-11(16(18,19)20)4-5-13(12)17(21,22)23/h4-5,8H,6-7H2,1-3H3/b24-15-. The van der Waals surface area contributed by atoms with Crippen LogP contribution in [0.3, 0.4) is 0 Å². The van der Waals surface area contributed by atoms with Gasteiger partial charge in [-0.25, -0.2) is 0 Å². The van der Waals surface area contributed by atoms with E-state index in [1.165, 1.54) is 7.11 Å². The maximum Gasteiger partial charge on any atom is 0.417 e. The predicted octanol–water partition coefficient (Wildman–Crippen LogP) is 4.59. The van der Waals surface area contributed by atoms with Crippen molar-refractivity contribution in [1.82, 2.24) is 4.57 Å². The van der Waals surface area contributed by atoms with Crippen molar-refractivity contribution in [2.45, 2.75) is 32.7 Å². The molecule has 1 aromatic heterocycles. The number of benzene rings is 1. The van der Waals surface area contributed by atoms with Gasteiger partial charge in [0.2, 0.25) is 0 Å². The lowest BCUT2D eigenvalue weighted by Crippen LogP contribution is -2.22. The molecule has 0 aliphatic heterocycles. The number of thiazole rings is 1. The Morgan fingerprint density at radius 1 is 1.14 bits per heavy atom. The highest BCUT2D eigenvalue weighted by molar-refractivity contribution is 7.09. The van der Waals surface area contributed by atoms with Gasteiger partial charge in [0.1, 0.15) is 0 Å². The zero-order valence-corrected chi connectivity index (χ0v) is 15.8. The van der Waals surface area contributed by atoms with Crippen LogP contribution < -0.4 is 4.80 Å². The first-order chi connectivity index (χ1) is 12.9. The highest BCUT2D eigenvalue weighted by Gasteiger charge is 2.38. The number of aromatic nitrogens is 1. The second-order valence-electron chi connectivity index (χ2n) is 5.84. The third kappa shape index (κ3) is 4.82. The Labute approximate surface area is 160 Å². The minimum atomic E-state index is -5.00. The normalized spacial score (nSPS) is 13.2. The quantitative estimate of drug-likeness (QED) is 0.672. The summed E-state index contributed by atoms with van der Waals surface area (Å²) >= 11 is 1.05. The molecule has 0 bridgehead atoms. The lowest BCUT2D eigenvalue weighted by Gasteiger charge is -2.13. The monoisotopic (exact) mass is 426 g/mol. The number of amides is 1. The Hall–Kier alpha value is -2.14. The molecule has 2 rings (SSSR count).